The van der Waals surface area contributed by atoms with E-state index in [9.17, 15) is 4.79 Å². The summed E-state index contributed by atoms with van der Waals surface area (Å²) in [5.74, 6) is -0.134. The maximum atomic E-state index is 12.9. The topological polar surface area (TPSA) is 51.4 Å². The monoisotopic (exact) mass is 286 g/mol. The van der Waals surface area contributed by atoms with Gasteiger partial charge in [-0.2, -0.15) is 9.78 Å². The van der Waals surface area contributed by atoms with Gasteiger partial charge in [-0.05, 0) is 18.8 Å². The number of carbonyl (C=O) groups is 1. The Kier molecular flexibility index (Phi) is 5.25. The molecule has 1 rings (SSSR count). The van der Waals surface area contributed by atoms with E-state index in [2.05, 4.69) is 27.7 Å². The quantitative estimate of drug-likeness (QED) is 0.402. The van der Waals surface area contributed by atoms with Crippen LogP contribution >= 0.6 is 0 Å². The molecule has 1 heterocycles. The molecular weight excluding hydrogens is 256 g/mol. The van der Waals surface area contributed by atoms with Gasteiger partial charge in [0.1, 0.15) is 0 Å². The van der Waals surface area contributed by atoms with Gasteiger partial charge >= 0.3 is 5.97 Å². The van der Waals surface area contributed by atoms with Crippen LogP contribution in [0.2, 0.25) is 0 Å². The highest BCUT2D eigenvalue weighted by atomic mass is 17.4. The van der Waals surface area contributed by atoms with Crippen molar-refractivity contribution in [1.29, 1.82) is 0 Å². The van der Waals surface area contributed by atoms with E-state index < -0.39 is 10.8 Å². The predicted molar refractivity (Wildman–Crippen MR) is 77.8 cm³/mol. The lowest BCUT2D eigenvalue weighted by Gasteiger charge is -2.51. The van der Waals surface area contributed by atoms with Gasteiger partial charge in [-0.25, -0.2) is 0 Å². The highest BCUT2D eigenvalue weighted by Gasteiger charge is 2.65. The van der Waals surface area contributed by atoms with Crippen LogP contribution < -0.4 is 0 Å². The number of esters is 1. The molecule has 1 aliphatic heterocycles. The van der Waals surface area contributed by atoms with Crippen molar-refractivity contribution < 1.29 is 19.3 Å². The Labute approximate surface area is 123 Å². The smallest absolute Gasteiger partial charge is 0.313 e. The normalized spacial score (nSPS) is 19.6. The summed E-state index contributed by atoms with van der Waals surface area (Å²) in [6.45, 7) is 14.8. The fraction of sp³-hybridized carbons (Fsp3) is 0.938. The largest absolute Gasteiger partial charge is 0.466 e. The zero-order valence-corrected chi connectivity index (χ0v) is 14.0. The standard InChI is InChI=1S/C16H30O4/c1-8-10-11-16(14(3,4)5,12(17)18-9-2)15(6,7)13-19-20-13/h13H,8-11H2,1-7H3. The third-order valence-corrected chi connectivity index (χ3v) is 4.69. The van der Waals surface area contributed by atoms with Crippen LogP contribution in [-0.4, -0.2) is 18.9 Å². The van der Waals surface area contributed by atoms with Crippen molar-refractivity contribution >= 4 is 5.97 Å². The predicted octanol–water partition coefficient (Wildman–Crippen LogP) is 4.09. The fourth-order valence-electron chi connectivity index (χ4n) is 3.50. The zero-order valence-electron chi connectivity index (χ0n) is 14.0. The van der Waals surface area contributed by atoms with Gasteiger partial charge in [0.25, 0.3) is 0 Å². The van der Waals surface area contributed by atoms with Gasteiger partial charge in [0, 0.05) is 5.41 Å². The third-order valence-electron chi connectivity index (χ3n) is 4.69. The molecule has 1 atom stereocenters. The van der Waals surface area contributed by atoms with Crippen molar-refractivity contribution in [2.24, 2.45) is 16.2 Å². The summed E-state index contributed by atoms with van der Waals surface area (Å²) in [6, 6.07) is 0. The minimum Gasteiger partial charge on any atom is -0.466 e. The van der Waals surface area contributed by atoms with Crippen molar-refractivity contribution in [3.8, 4) is 0 Å². The van der Waals surface area contributed by atoms with E-state index in [0.29, 0.717) is 6.61 Å². The van der Waals surface area contributed by atoms with Crippen LogP contribution in [0.1, 0.15) is 67.7 Å². The van der Waals surface area contributed by atoms with E-state index >= 15 is 0 Å². The first-order chi connectivity index (χ1) is 9.15. The average Bonchev–Trinajstić information content (AvgIpc) is 3.11. The Bertz CT molecular complexity index is 339. The Morgan fingerprint density at radius 2 is 1.65 bits per heavy atom. The van der Waals surface area contributed by atoms with Crippen LogP contribution in [0, 0.1) is 16.2 Å². The van der Waals surface area contributed by atoms with E-state index in [1.807, 2.05) is 20.8 Å². The van der Waals surface area contributed by atoms with Gasteiger partial charge in [0.15, 0.2) is 0 Å². The molecule has 0 aromatic heterocycles. The van der Waals surface area contributed by atoms with Gasteiger partial charge in [-0.1, -0.05) is 54.4 Å². The second-order valence-electron chi connectivity index (χ2n) is 7.23. The van der Waals surface area contributed by atoms with E-state index in [4.69, 9.17) is 14.5 Å². The van der Waals surface area contributed by atoms with Crippen molar-refractivity contribution in [3.05, 3.63) is 0 Å². The van der Waals surface area contributed by atoms with Gasteiger partial charge in [0.2, 0.25) is 6.29 Å². The van der Waals surface area contributed by atoms with Crippen molar-refractivity contribution in [2.45, 2.75) is 74.0 Å². The number of carbonyl (C=O) groups excluding carboxylic acids is 1. The maximum Gasteiger partial charge on any atom is 0.313 e. The van der Waals surface area contributed by atoms with Gasteiger partial charge in [-0.3, -0.25) is 4.79 Å². The van der Waals surface area contributed by atoms with Crippen LogP contribution in [0.15, 0.2) is 0 Å². The van der Waals surface area contributed by atoms with Crippen LogP contribution in [0.25, 0.3) is 0 Å². The molecule has 0 aliphatic carbocycles. The molecule has 0 saturated carbocycles. The Morgan fingerprint density at radius 1 is 1.10 bits per heavy atom. The summed E-state index contributed by atoms with van der Waals surface area (Å²) in [5, 5.41) is 0. The fourth-order valence-corrected chi connectivity index (χ4v) is 3.50. The Hall–Kier alpha value is -0.610. The lowest BCUT2D eigenvalue weighted by Crippen LogP contribution is -2.56. The van der Waals surface area contributed by atoms with Gasteiger partial charge in [0.05, 0.1) is 12.0 Å². The molecule has 1 saturated heterocycles. The first-order valence-corrected chi connectivity index (χ1v) is 7.64. The van der Waals surface area contributed by atoms with E-state index in [0.717, 1.165) is 19.3 Å². The summed E-state index contributed by atoms with van der Waals surface area (Å²) in [7, 11) is 0. The molecule has 1 aliphatic rings. The molecule has 4 nitrogen and oxygen atoms in total. The number of rotatable bonds is 7. The second-order valence-corrected chi connectivity index (χ2v) is 7.23. The molecule has 0 amide bonds. The second kappa shape index (κ2) is 6.02. The molecule has 0 bridgehead atoms. The summed E-state index contributed by atoms with van der Waals surface area (Å²) < 4.78 is 5.45. The molecule has 1 unspecified atom stereocenters. The number of ether oxygens (including phenoxy) is 1. The molecule has 0 spiro atoms. The molecule has 118 valence electrons. The van der Waals surface area contributed by atoms with Crippen molar-refractivity contribution in [1.82, 2.24) is 0 Å². The summed E-state index contributed by atoms with van der Waals surface area (Å²) >= 11 is 0. The summed E-state index contributed by atoms with van der Waals surface area (Å²) in [4.78, 5) is 23.0. The average molecular weight is 286 g/mol. The van der Waals surface area contributed by atoms with Gasteiger partial charge < -0.3 is 4.74 Å². The highest BCUT2D eigenvalue weighted by molar-refractivity contribution is 5.79. The first kappa shape index (κ1) is 17.4. The lowest BCUT2D eigenvalue weighted by molar-refractivity contribution is -0.180. The molecule has 20 heavy (non-hydrogen) atoms. The first-order valence-electron chi connectivity index (χ1n) is 7.64. The molecule has 0 radical (unpaired) electrons. The Balaban J connectivity index is 3.28. The van der Waals surface area contributed by atoms with Crippen LogP contribution in [0.5, 0.6) is 0 Å². The molecule has 0 aromatic carbocycles. The molecule has 4 heteroatoms. The van der Waals surface area contributed by atoms with E-state index in [-0.39, 0.29) is 17.7 Å². The van der Waals surface area contributed by atoms with Crippen LogP contribution in [0.4, 0.5) is 0 Å². The van der Waals surface area contributed by atoms with E-state index in [1.165, 1.54) is 0 Å². The van der Waals surface area contributed by atoms with Gasteiger partial charge in [-0.15, -0.1) is 0 Å². The number of hydrogen-bond donors (Lipinski definition) is 0. The number of unbranched alkanes of at least 4 members (excludes halogenated alkanes) is 1. The van der Waals surface area contributed by atoms with E-state index in [1.54, 1.807) is 0 Å². The zero-order chi connectivity index (χ0) is 15.6. The van der Waals surface area contributed by atoms with Crippen molar-refractivity contribution in [2.75, 3.05) is 6.61 Å². The third kappa shape index (κ3) is 2.86. The summed E-state index contributed by atoms with van der Waals surface area (Å²) in [5.41, 5.74) is -1.31. The molecule has 1 fully saturated rings. The minimum atomic E-state index is -0.632. The minimum absolute atomic E-state index is 0.134. The maximum absolute atomic E-state index is 12.9. The highest BCUT2D eigenvalue weighted by Crippen LogP contribution is 2.60. The van der Waals surface area contributed by atoms with Crippen molar-refractivity contribution in [3.63, 3.8) is 0 Å². The lowest BCUT2D eigenvalue weighted by atomic mass is 9.51. The summed E-state index contributed by atoms with van der Waals surface area (Å²) in [6.07, 6.45) is 2.47. The Morgan fingerprint density at radius 3 is 2.00 bits per heavy atom. The molecule has 0 N–H and O–H groups in total. The van der Waals surface area contributed by atoms with Crippen LogP contribution in [0.3, 0.4) is 0 Å². The molecular formula is C16H30O4. The molecule has 0 aromatic rings. The van der Waals surface area contributed by atoms with Crippen LogP contribution in [-0.2, 0) is 19.3 Å². The SMILES string of the molecule is CCCCC(C(=O)OCC)(C(C)(C)C)C(C)(C)C1OO1. The number of hydrogen-bond acceptors (Lipinski definition) is 4.